The zero-order chi connectivity index (χ0) is 68.1. The van der Waals surface area contributed by atoms with Gasteiger partial charge in [0.1, 0.15) is 5.70 Å². The van der Waals surface area contributed by atoms with Gasteiger partial charge in [-0.15, -0.1) is 0 Å². The van der Waals surface area contributed by atoms with Crippen molar-refractivity contribution in [2.45, 2.75) is 12.5 Å². The van der Waals surface area contributed by atoms with Gasteiger partial charge in [-0.05, 0) is 219 Å². The van der Waals surface area contributed by atoms with Gasteiger partial charge in [-0.25, -0.2) is 4.99 Å². The van der Waals surface area contributed by atoms with Crippen LogP contribution in [-0.2, 0) is 0 Å². The Morgan fingerprint density at radius 1 is 0.350 bits per heavy atom. The molecule has 0 spiro atoms. The quantitative estimate of drug-likeness (QED) is 0.121. The predicted octanol–water partition coefficient (Wildman–Crippen LogP) is 24.5. The highest BCUT2D eigenvalue weighted by atomic mass is 15.2. The fraction of sp³-hybridized carbons (Fsp3) is 0.0206. The van der Waals surface area contributed by atoms with E-state index in [-0.39, 0.29) is 6.04 Å². The van der Waals surface area contributed by atoms with E-state index >= 15 is 0 Å². The third kappa shape index (κ3) is 10.1. The van der Waals surface area contributed by atoms with Crippen LogP contribution >= 0.6 is 0 Å². The summed E-state index contributed by atoms with van der Waals surface area (Å²) < 4.78 is 7.14. The Morgan fingerprint density at radius 3 is 1.32 bits per heavy atom. The Bertz CT molecular complexity index is 6600. The molecule has 20 rings (SSSR count). The standard InChI is InChI=1S/C97H62N6/c98-62-63-33-35-66(36-34-63)88-50-41-74(69-19-15-17-67(55-69)64-37-46-78(47-38-64)102-92-31-13-9-27-82(92)86-59-72(44-53-96(86)102)70-42-51-94-84(57-70)80-25-7-11-29-90(80)100(94)76-21-3-1-4-22-76)61-89(99-88)75-20-16-18-68(56-75)65-39-48-79(49-40-65)103-93-32-14-10-28-83(93)87-60-73(45-54-97(87)103)71-43-52-95-85(58-71)81-26-8-12-30-91(81)101(95)77-23-5-2-6-24-77/h1-30,32-49,51-61,92H,31H2. The minimum absolute atomic E-state index is 0.188. The summed E-state index contributed by atoms with van der Waals surface area (Å²) >= 11 is 0. The van der Waals surface area contributed by atoms with E-state index in [2.05, 4.69) is 364 Å². The number of nitrogens with zero attached hydrogens (tertiary/aromatic N) is 6. The summed E-state index contributed by atoms with van der Waals surface area (Å²) in [5.41, 5.74) is 34.3. The molecule has 0 N–H and O–H groups in total. The summed E-state index contributed by atoms with van der Waals surface area (Å²) in [6.07, 6.45) is 12.0. The number of hydrogen-bond acceptors (Lipinski definition) is 3. The Balaban J connectivity index is 0.597. The van der Waals surface area contributed by atoms with E-state index in [1.807, 2.05) is 24.3 Å². The molecule has 0 saturated heterocycles. The molecule has 5 heterocycles. The fourth-order valence-electron chi connectivity index (χ4n) is 16.3. The molecule has 0 fully saturated rings. The minimum atomic E-state index is 0.188. The van der Waals surface area contributed by atoms with E-state index in [4.69, 9.17) is 4.99 Å². The lowest BCUT2D eigenvalue weighted by atomic mass is 9.93. The van der Waals surface area contributed by atoms with Crippen molar-refractivity contribution in [3.63, 3.8) is 0 Å². The second-order valence-electron chi connectivity index (χ2n) is 27.0. The number of nitriles is 1. The number of fused-ring (bicyclic) bond motifs is 12. The molecular weight excluding hydrogens is 1250 g/mol. The zero-order valence-electron chi connectivity index (χ0n) is 56.0. The monoisotopic (exact) mass is 1310 g/mol. The molecule has 0 saturated carbocycles. The van der Waals surface area contributed by atoms with Gasteiger partial charge < -0.3 is 18.6 Å². The van der Waals surface area contributed by atoms with Crippen molar-refractivity contribution in [3.05, 3.63) is 392 Å². The summed E-state index contributed by atoms with van der Waals surface area (Å²) in [7, 11) is 0. The van der Waals surface area contributed by atoms with Crippen molar-refractivity contribution < 1.29 is 0 Å². The van der Waals surface area contributed by atoms with Crippen molar-refractivity contribution >= 4 is 99.3 Å². The SMILES string of the molecule is N#Cc1ccc(C2=C=CC(c3cccc(-c4ccc(N5c6ccc(-c7ccc8c(c7)c7ccccc7n8-c7ccccc7)cc6C6=CC=CCC65)cc4)c3)=CC(c3cccc(-c4ccc(-n5c6ccccc6c6cc(-c7ccc8c(c7)c7ccccc7n8-c7ccccc7)ccc65)cc4)c3)=N2)cc1. The number of rotatable bonds is 11. The normalized spacial score (nSPS) is 14.0. The van der Waals surface area contributed by atoms with Crippen LogP contribution in [0.25, 0.3) is 144 Å². The number of aliphatic imine (C=N–C) groups is 1. The lowest BCUT2D eigenvalue weighted by molar-refractivity contribution is 0.829. The number of anilines is 2. The van der Waals surface area contributed by atoms with Crippen LogP contribution in [0, 0.1) is 11.3 Å². The number of allylic oxidation sites excluding steroid dienone is 5. The van der Waals surface area contributed by atoms with Crippen molar-refractivity contribution in [1.82, 2.24) is 13.7 Å². The maximum Gasteiger partial charge on any atom is 0.113 e. The molecular formula is C97H62N6. The van der Waals surface area contributed by atoms with Gasteiger partial charge in [0.25, 0.3) is 0 Å². The summed E-state index contributed by atoms with van der Waals surface area (Å²) in [5.74, 6) is 0. The molecule has 480 valence electrons. The second-order valence-corrected chi connectivity index (χ2v) is 27.0. The Kier molecular flexibility index (Phi) is 14.0. The van der Waals surface area contributed by atoms with Gasteiger partial charge in [0.2, 0.25) is 0 Å². The number of benzene rings is 14. The summed E-state index contributed by atoms with van der Waals surface area (Å²) in [6.45, 7) is 0. The third-order valence-electron chi connectivity index (χ3n) is 21.2. The van der Waals surface area contributed by atoms with E-state index in [0.717, 1.165) is 90.4 Å². The first kappa shape index (κ1) is 59.3. The summed E-state index contributed by atoms with van der Waals surface area (Å²) in [6, 6.07) is 121. The van der Waals surface area contributed by atoms with E-state index in [0.29, 0.717) is 11.3 Å². The van der Waals surface area contributed by atoms with Crippen molar-refractivity contribution in [2.75, 3.05) is 4.90 Å². The Hall–Kier alpha value is -13.8. The molecule has 3 aliphatic rings. The molecule has 2 aliphatic heterocycles. The maximum atomic E-state index is 9.75. The average molecular weight is 1310 g/mol. The van der Waals surface area contributed by atoms with Gasteiger partial charge in [-0.1, -0.05) is 212 Å². The molecule has 0 amide bonds. The largest absolute Gasteiger partial charge is 0.333 e. The third-order valence-corrected chi connectivity index (χ3v) is 21.2. The fourth-order valence-corrected chi connectivity index (χ4v) is 16.3. The first-order valence-corrected chi connectivity index (χ1v) is 35.2. The van der Waals surface area contributed by atoms with Crippen LogP contribution in [0.15, 0.2) is 369 Å². The molecule has 17 aromatic rings. The molecule has 6 heteroatoms. The number of aromatic nitrogens is 3. The van der Waals surface area contributed by atoms with Crippen molar-refractivity contribution in [1.29, 1.82) is 5.26 Å². The maximum absolute atomic E-state index is 9.75. The summed E-state index contributed by atoms with van der Waals surface area (Å²) in [4.78, 5) is 7.92. The summed E-state index contributed by atoms with van der Waals surface area (Å²) in [5, 5.41) is 17.1. The van der Waals surface area contributed by atoms with Gasteiger partial charge >= 0.3 is 0 Å². The van der Waals surface area contributed by atoms with E-state index in [9.17, 15) is 5.26 Å². The molecule has 1 aliphatic carbocycles. The van der Waals surface area contributed by atoms with Gasteiger partial charge in [0.15, 0.2) is 0 Å². The predicted molar refractivity (Wildman–Crippen MR) is 429 cm³/mol. The van der Waals surface area contributed by atoms with Gasteiger partial charge in [-0.3, -0.25) is 0 Å². The molecule has 1 atom stereocenters. The molecule has 1 unspecified atom stereocenters. The lowest BCUT2D eigenvalue weighted by Crippen LogP contribution is -2.26. The minimum Gasteiger partial charge on any atom is -0.333 e. The second kappa shape index (κ2) is 24.3. The molecule has 0 bridgehead atoms. The smallest absolute Gasteiger partial charge is 0.113 e. The van der Waals surface area contributed by atoms with E-state index in [1.54, 1.807) is 0 Å². The number of hydrogen-bond donors (Lipinski definition) is 0. The van der Waals surface area contributed by atoms with Crippen molar-refractivity contribution in [3.8, 4) is 67.6 Å². The first-order chi connectivity index (χ1) is 51.0. The van der Waals surface area contributed by atoms with Crippen LogP contribution in [0.2, 0.25) is 0 Å². The van der Waals surface area contributed by atoms with E-state index < -0.39 is 0 Å². The topological polar surface area (TPSA) is 54.2 Å². The molecule has 6 nitrogen and oxygen atoms in total. The Morgan fingerprint density at radius 2 is 0.777 bits per heavy atom. The average Bonchev–Trinajstić information content (AvgIpc) is 1.60. The zero-order valence-corrected chi connectivity index (χ0v) is 56.0. The van der Waals surface area contributed by atoms with Crippen LogP contribution < -0.4 is 4.90 Å². The van der Waals surface area contributed by atoms with Gasteiger partial charge in [-0.2, -0.15) is 5.26 Å². The van der Waals surface area contributed by atoms with E-state index in [1.165, 1.54) is 93.5 Å². The number of para-hydroxylation sites is 5. The van der Waals surface area contributed by atoms with Crippen molar-refractivity contribution in [2.24, 2.45) is 4.99 Å². The van der Waals surface area contributed by atoms with Crippen LogP contribution in [0.1, 0.15) is 34.2 Å². The van der Waals surface area contributed by atoms with Gasteiger partial charge in [0.05, 0.1) is 56.5 Å². The highest BCUT2D eigenvalue weighted by molar-refractivity contribution is 6.17. The highest BCUT2D eigenvalue weighted by Gasteiger charge is 2.35. The highest BCUT2D eigenvalue weighted by Crippen LogP contribution is 2.50. The van der Waals surface area contributed by atoms with Crippen LogP contribution in [0.4, 0.5) is 11.4 Å². The van der Waals surface area contributed by atoms with Gasteiger partial charge in [0, 0.05) is 77.4 Å². The molecule has 3 aromatic heterocycles. The molecule has 14 aromatic carbocycles. The molecule has 103 heavy (non-hydrogen) atoms. The molecule has 0 radical (unpaired) electrons. The lowest BCUT2D eigenvalue weighted by Gasteiger charge is -2.28. The Labute approximate surface area is 596 Å². The van der Waals surface area contributed by atoms with Crippen LogP contribution in [-0.4, -0.2) is 25.5 Å². The van der Waals surface area contributed by atoms with Crippen LogP contribution in [0.3, 0.4) is 0 Å². The van der Waals surface area contributed by atoms with Crippen LogP contribution in [0.5, 0.6) is 0 Å². The first-order valence-electron chi connectivity index (χ1n) is 35.2.